The van der Waals surface area contributed by atoms with E-state index in [9.17, 15) is 13.6 Å². The molecule has 0 saturated heterocycles. The number of methoxy groups -OCH3 is 1. The maximum Gasteiger partial charge on any atom is 0.169 e. The standard InChI is InChI=1S/C9H8F2O2/c1-5-7(13-2)3-6(4-12)9(11)8(5)10/h3-4H,1-2H3. The van der Waals surface area contributed by atoms with Gasteiger partial charge in [0.1, 0.15) is 5.75 Å². The van der Waals surface area contributed by atoms with E-state index in [0.717, 1.165) is 0 Å². The zero-order chi connectivity index (χ0) is 10.0. The Morgan fingerprint density at radius 1 is 1.38 bits per heavy atom. The second kappa shape index (κ2) is 3.51. The fourth-order valence-electron chi connectivity index (χ4n) is 1.01. The first-order chi connectivity index (χ1) is 6.11. The van der Waals surface area contributed by atoms with E-state index in [1.807, 2.05) is 0 Å². The van der Waals surface area contributed by atoms with Crippen LogP contribution >= 0.6 is 0 Å². The summed E-state index contributed by atoms with van der Waals surface area (Å²) in [6.07, 6.45) is 0.250. The molecule has 2 nitrogen and oxygen atoms in total. The van der Waals surface area contributed by atoms with Gasteiger partial charge in [-0.3, -0.25) is 4.79 Å². The zero-order valence-electron chi connectivity index (χ0n) is 7.23. The van der Waals surface area contributed by atoms with Gasteiger partial charge < -0.3 is 4.74 Å². The minimum atomic E-state index is -1.13. The van der Waals surface area contributed by atoms with Gasteiger partial charge >= 0.3 is 0 Å². The van der Waals surface area contributed by atoms with E-state index >= 15 is 0 Å². The van der Waals surface area contributed by atoms with Crippen molar-refractivity contribution in [3.8, 4) is 5.75 Å². The number of hydrogen-bond acceptors (Lipinski definition) is 2. The van der Waals surface area contributed by atoms with Gasteiger partial charge in [0, 0.05) is 5.56 Å². The van der Waals surface area contributed by atoms with Gasteiger partial charge in [-0.05, 0) is 13.0 Å². The van der Waals surface area contributed by atoms with Crippen molar-refractivity contribution in [2.75, 3.05) is 7.11 Å². The Labute approximate surface area is 74.1 Å². The molecule has 70 valence electrons. The van der Waals surface area contributed by atoms with Crippen molar-refractivity contribution in [1.82, 2.24) is 0 Å². The van der Waals surface area contributed by atoms with Crippen molar-refractivity contribution in [2.24, 2.45) is 0 Å². The summed E-state index contributed by atoms with van der Waals surface area (Å²) in [4.78, 5) is 10.3. The summed E-state index contributed by atoms with van der Waals surface area (Å²) in [7, 11) is 1.33. The van der Waals surface area contributed by atoms with Crippen LogP contribution in [0.15, 0.2) is 6.07 Å². The highest BCUT2D eigenvalue weighted by atomic mass is 19.2. The number of ether oxygens (including phenoxy) is 1. The van der Waals surface area contributed by atoms with Crippen LogP contribution in [-0.4, -0.2) is 13.4 Å². The SMILES string of the molecule is COc1cc(C=O)c(F)c(F)c1C. The lowest BCUT2D eigenvalue weighted by molar-refractivity contribution is 0.111. The molecule has 1 aromatic rings. The maximum atomic E-state index is 13.0. The monoisotopic (exact) mass is 186 g/mol. The summed E-state index contributed by atoms with van der Waals surface area (Å²) in [5, 5.41) is 0. The number of carbonyl (C=O) groups is 1. The topological polar surface area (TPSA) is 26.3 Å². The van der Waals surface area contributed by atoms with Crippen molar-refractivity contribution < 1.29 is 18.3 Å². The minimum absolute atomic E-state index is 0.0607. The molecule has 0 spiro atoms. The largest absolute Gasteiger partial charge is 0.496 e. The molecule has 1 rings (SSSR count). The first-order valence-electron chi connectivity index (χ1n) is 3.59. The average Bonchev–Trinajstić information content (AvgIpc) is 2.15. The van der Waals surface area contributed by atoms with Gasteiger partial charge in [0.15, 0.2) is 17.9 Å². The molecule has 1 aromatic carbocycles. The Bertz CT molecular complexity index is 348. The summed E-state index contributed by atoms with van der Waals surface area (Å²) >= 11 is 0. The molecule has 0 aliphatic carbocycles. The Balaban J connectivity index is 3.45. The summed E-state index contributed by atoms with van der Waals surface area (Å²) in [5.41, 5.74) is -0.273. The summed E-state index contributed by atoms with van der Waals surface area (Å²) < 4.78 is 30.7. The van der Waals surface area contributed by atoms with E-state index in [0.29, 0.717) is 0 Å². The van der Waals surface area contributed by atoms with Crippen molar-refractivity contribution >= 4 is 6.29 Å². The van der Waals surface area contributed by atoms with Gasteiger partial charge in [0.2, 0.25) is 0 Å². The van der Waals surface area contributed by atoms with Gasteiger partial charge in [-0.25, -0.2) is 8.78 Å². The Morgan fingerprint density at radius 3 is 2.46 bits per heavy atom. The summed E-state index contributed by atoms with van der Waals surface area (Å²) in [5.74, 6) is -2.00. The van der Waals surface area contributed by atoms with Crippen molar-refractivity contribution in [3.05, 3.63) is 28.8 Å². The number of carbonyl (C=O) groups excluding carboxylic acids is 1. The van der Waals surface area contributed by atoms with Crippen LogP contribution < -0.4 is 4.74 Å². The van der Waals surface area contributed by atoms with Gasteiger partial charge in [-0.2, -0.15) is 0 Å². The smallest absolute Gasteiger partial charge is 0.169 e. The lowest BCUT2D eigenvalue weighted by Gasteiger charge is -2.07. The fraction of sp³-hybridized carbons (Fsp3) is 0.222. The van der Waals surface area contributed by atoms with Crippen LogP contribution in [0.5, 0.6) is 5.75 Å². The molecule has 0 unspecified atom stereocenters. The molecule has 0 atom stereocenters. The molecule has 0 N–H and O–H groups in total. The van der Waals surface area contributed by atoms with Crippen LogP contribution in [0, 0.1) is 18.6 Å². The van der Waals surface area contributed by atoms with Crippen LogP contribution in [0.3, 0.4) is 0 Å². The normalized spacial score (nSPS) is 9.85. The van der Waals surface area contributed by atoms with E-state index in [4.69, 9.17) is 4.74 Å². The predicted octanol–water partition coefficient (Wildman–Crippen LogP) is 2.09. The van der Waals surface area contributed by atoms with Crippen molar-refractivity contribution in [2.45, 2.75) is 6.92 Å². The predicted molar refractivity (Wildman–Crippen MR) is 43.0 cm³/mol. The molecule has 0 heterocycles. The molecular weight excluding hydrogens is 178 g/mol. The van der Waals surface area contributed by atoms with E-state index < -0.39 is 11.6 Å². The van der Waals surface area contributed by atoms with E-state index in [-0.39, 0.29) is 23.2 Å². The summed E-state index contributed by atoms with van der Waals surface area (Å²) in [6, 6.07) is 1.17. The minimum Gasteiger partial charge on any atom is -0.496 e. The number of hydrogen-bond donors (Lipinski definition) is 0. The Morgan fingerprint density at radius 2 is 2.00 bits per heavy atom. The molecule has 0 aliphatic heterocycles. The van der Waals surface area contributed by atoms with Crippen LogP contribution in [0.2, 0.25) is 0 Å². The van der Waals surface area contributed by atoms with Gasteiger partial charge in [-0.15, -0.1) is 0 Å². The second-order valence-corrected chi connectivity index (χ2v) is 2.54. The highest BCUT2D eigenvalue weighted by molar-refractivity contribution is 5.76. The summed E-state index contributed by atoms with van der Waals surface area (Å²) in [6.45, 7) is 1.38. The van der Waals surface area contributed by atoms with Gasteiger partial charge in [0.25, 0.3) is 0 Å². The first-order valence-corrected chi connectivity index (χ1v) is 3.59. The average molecular weight is 186 g/mol. The van der Waals surface area contributed by atoms with Crippen LogP contribution in [0.25, 0.3) is 0 Å². The molecule has 0 aliphatic rings. The van der Waals surface area contributed by atoms with Crippen molar-refractivity contribution in [1.29, 1.82) is 0 Å². The first kappa shape index (κ1) is 9.64. The second-order valence-electron chi connectivity index (χ2n) is 2.54. The van der Waals surface area contributed by atoms with Crippen LogP contribution in [0.1, 0.15) is 15.9 Å². The fourth-order valence-corrected chi connectivity index (χ4v) is 1.01. The number of aldehydes is 1. The Hall–Kier alpha value is -1.45. The molecule has 0 aromatic heterocycles. The maximum absolute atomic E-state index is 13.0. The van der Waals surface area contributed by atoms with Gasteiger partial charge in [0.05, 0.1) is 12.7 Å². The van der Waals surface area contributed by atoms with Crippen LogP contribution in [0.4, 0.5) is 8.78 Å². The van der Waals surface area contributed by atoms with Gasteiger partial charge in [-0.1, -0.05) is 0 Å². The molecule has 4 heteroatoms. The molecule has 0 fully saturated rings. The van der Waals surface area contributed by atoms with Crippen molar-refractivity contribution in [3.63, 3.8) is 0 Å². The molecule has 0 radical (unpaired) electrons. The van der Waals surface area contributed by atoms with Crippen LogP contribution in [-0.2, 0) is 0 Å². The number of rotatable bonds is 2. The number of halogens is 2. The molecular formula is C9H8F2O2. The third-order valence-electron chi connectivity index (χ3n) is 1.78. The highest BCUT2D eigenvalue weighted by Gasteiger charge is 2.15. The third kappa shape index (κ3) is 1.52. The quantitative estimate of drug-likeness (QED) is 0.661. The molecule has 0 saturated carbocycles. The lowest BCUT2D eigenvalue weighted by Crippen LogP contribution is -1.99. The van der Waals surface area contributed by atoms with E-state index in [2.05, 4.69) is 0 Å². The zero-order valence-corrected chi connectivity index (χ0v) is 7.23. The van der Waals surface area contributed by atoms with E-state index in [1.54, 1.807) is 0 Å². The third-order valence-corrected chi connectivity index (χ3v) is 1.78. The molecule has 0 amide bonds. The molecule has 0 bridgehead atoms. The van der Waals surface area contributed by atoms with E-state index in [1.165, 1.54) is 20.1 Å². The molecule has 13 heavy (non-hydrogen) atoms. The highest BCUT2D eigenvalue weighted by Crippen LogP contribution is 2.24. The lowest BCUT2D eigenvalue weighted by atomic mass is 10.1. The number of benzene rings is 1. The Kier molecular flexibility index (Phi) is 2.60.